The van der Waals surface area contributed by atoms with Gasteiger partial charge in [-0.2, -0.15) is 13.2 Å². The van der Waals surface area contributed by atoms with Gasteiger partial charge >= 0.3 is 6.18 Å². The fraction of sp³-hybridized carbons (Fsp3) is 0.143. The number of rotatable bonds is 2. The minimum Gasteiger partial charge on any atom is -0.508 e. The van der Waals surface area contributed by atoms with Gasteiger partial charge < -0.3 is 10.2 Å². The van der Waals surface area contributed by atoms with Crippen LogP contribution in [0.25, 0.3) is 11.1 Å². The molecule has 19 heavy (non-hydrogen) atoms. The Morgan fingerprint density at radius 1 is 0.789 bits per heavy atom. The number of phenols is 1. The van der Waals surface area contributed by atoms with Crippen LogP contribution in [0.15, 0.2) is 48.5 Å². The monoisotopic (exact) mass is 268 g/mol. The fourth-order valence-electron chi connectivity index (χ4n) is 1.70. The quantitative estimate of drug-likeness (QED) is 0.872. The summed E-state index contributed by atoms with van der Waals surface area (Å²) in [6, 6.07) is 11.8. The molecule has 1 atom stereocenters. The smallest absolute Gasteiger partial charge is 0.418 e. The summed E-state index contributed by atoms with van der Waals surface area (Å²) in [5, 5.41) is 18.2. The van der Waals surface area contributed by atoms with E-state index in [0.717, 1.165) is 5.56 Å². The summed E-state index contributed by atoms with van der Waals surface area (Å²) in [4.78, 5) is 0. The van der Waals surface area contributed by atoms with Crippen molar-refractivity contribution in [2.45, 2.75) is 12.3 Å². The summed E-state index contributed by atoms with van der Waals surface area (Å²) in [6.07, 6.45) is -7.14. The number of hydrogen-bond acceptors (Lipinski definition) is 2. The average Bonchev–Trinajstić information content (AvgIpc) is 2.38. The van der Waals surface area contributed by atoms with Crippen LogP contribution in [-0.4, -0.2) is 16.4 Å². The van der Waals surface area contributed by atoms with Crippen LogP contribution in [0.2, 0.25) is 0 Å². The molecule has 0 fully saturated rings. The lowest BCUT2D eigenvalue weighted by molar-refractivity contribution is -0.206. The molecule has 0 saturated heterocycles. The van der Waals surface area contributed by atoms with Crippen molar-refractivity contribution in [2.75, 3.05) is 0 Å². The average molecular weight is 268 g/mol. The largest absolute Gasteiger partial charge is 0.508 e. The zero-order valence-corrected chi connectivity index (χ0v) is 9.72. The fourth-order valence-corrected chi connectivity index (χ4v) is 1.70. The first-order valence-electron chi connectivity index (χ1n) is 5.52. The molecule has 0 heterocycles. The molecule has 0 aliphatic heterocycles. The SMILES string of the molecule is Oc1ccc(-c2ccc(C(O)C(F)(F)F)cc2)cc1. The van der Waals surface area contributed by atoms with E-state index in [9.17, 15) is 13.2 Å². The second-order valence-electron chi connectivity index (χ2n) is 4.11. The van der Waals surface area contributed by atoms with Gasteiger partial charge in [-0.1, -0.05) is 36.4 Å². The van der Waals surface area contributed by atoms with Gasteiger partial charge in [-0.15, -0.1) is 0 Å². The van der Waals surface area contributed by atoms with Crippen LogP contribution >= 0.6 is 0 Å². The zero-order chi connectivity index (χ0) is 14.0. The Bertz CT molecular complexity index is 544. The van der Waals surface area contributed by atoms with Crippen LogP contribution in [0.1, 0.15) is 11.7 Å². The summed E-state index contributed by atoms with van der Waals surface area (Å²) < 4.78 is 37.0. The van der Waals surface area contributed by atoms with Gasteiger partial charge in [0.1, 0.15) is 5.75 Å². The molecule has 1 unspecified atom stereocenters. The molecule has 2 nitrogen and oxygen atoms in total. The van der Waals surface area contributed by atoms with E-state index >= 15 is 0 Å². The van der Waals surface area contributed by atoms with E-state index in [1.807, 2.05) is 0 Å². The molecule has 0 aliphatic rings. The van der Waals surface area contributed by atoms with Crippen molar-refractivity contribution in [1.82, 2.24) is 0 Å². The maximum Gasteiger partial charge on any atom is 0.418 e. The van der Waals surface area contributed by atoms with E-state index in [0.29, 0.717) is 5.56 Å². The lowest BCUT2D eigenvalue weighted by atomic mass is 10.0. The summed E-state index contributed by atoms with van der Waals surface area (Å²) in [5.74, 6) is 0.118. The molecule has 0 spiro atoms. The first-order chi connectivity index (χ1) is 8.88. The van der Waals surface area contributed by atoms with Crippen LogP contribution < -0.4 is 0 Å². The zero-order valence-electron chi connectivity index (χ0n) is 9.72. The molecule has 2 N–H and O–H groups in total. The maximum atomic E-state index is 12.3. The summed E-state index contributed by atoms with van der Waals surface area (Å²) in [5.41, 5.74) is 1.28. The highest BCUT2D eigenvalue weighted by atomic mass is 19.4. The van der Waals surface area contributed by atoms with Crippen molar-refractivity contribution < 1.29 is 23.4 Å². The van der Waals surface area contributed by atoms with Crippen molar-refractivity contribution in [3.63, 3.8) is 0 Å². The van der Waals surface area contributed by atoms with Gasteiger partial charge in [-0.25, -0.2) is 0 Å². The molecule has 0 bridgehead atoms. The lowest BCUT2D eigenvalue weighted by Gasteiger charge is -2.15. The standard InChI is InChI=1S/C14H11F3O2/c15-14(16,17)13(19)11-3-1-9(2-4-11)10-5-7-12(18)8-6-10/h1-8,13,18-19H. The number of phenolic OH excluding ortho intramolecular Hbond substituents is 1. The minimum atomic E-state index is -4.67. The Morgan fingerprint density at radius 2 is 1.21 bits per heavy atom. The molecule has 0 aromatic heterocycles. The predicted octanol–water partition coefficient (Wildman–Crippen LogP) is 3.65. The van der Waals surface area contributed by atoms with E-state index in [4.69, 9.17) is 10.2 Å². The lowest BCUT2D eigenvalue weighted by Crippen LogP contribution is -2.19. The third kappa shape index (κ3) is 3.06. The van der Waals surface area contributed by atoms with E-state index in [1.165, 1.54) is 36.4 Å². The van der Waals surface area contributed by atoms with Gasteiger partial charge in [0, 0.05) is 0 Å². The minimum absolute atomic E-state index is 0.118. The van der Waals surface area contributed by atoms with Gasteiger partial charge in [0.15, 0.2) is 6.10 Å². The van der Waals surface area contributed by atoms with Crippen LogP contribution in [0.3, 0.4) is 0 Å². The van der Waals surface area contributed by atoms with Crippen molar-refractivity contribution in [2.24, 2.45) is 0 Å². The Kier molecular flexibility index (Phi) is 3.48. The maximum absolute atomic E-state index is 12.3. The van der Waals surface area contributed by atoms with E-state index in [1.54, 1.807) is 12.1 Å². The second kappa shape index (κ2) is 4.93. The number of alkyl halides is 3. The molecule has 0 saturated carbocycles. The molecule has 5 heteroatoms. The Morgan fingerprint density at radius 3 is 1.63 bits per heavy atom. The number of benzene rings is 2. The van der Waals surface area contributed by atoms with Crippen LogP contribution in [0.5, 0.6) is 5.75 Å². The summed E-state index contributed by atoms with van der Waals surface area (Å²) in [6.45, 7) is 0. The predicted molar refractivity (Wildman–Crippen MR) is 64.6 cm³/mol. The van der Waals surface area contributed by atoms with Gasteiger partial charge in [0.25, 0.3) is 0 Å². The van der Waals surface area contributed by atoms with Gasteiger partial charge in [0.05, 0.1) is 0 Å². The number of hydrogen-bond donors (Lipinski definition) is 2. The second-order valence-corrected chi connectivity index (χ2v) is 4.11. The van der Waals surface area contributed by atoms with E-state index in [-0.39, 0.29) is 11.3 Å². The van der Waals surface area contributed by atoms with Crippen LogP contribution in [0, 0.1) is 0 Å². The van der Waals surface area contributed by atoms with Crippen LogP contribution in [-0.2, 0) is 0 Å². The van der Waals surface area contributed by atoms with E-state index in [2.05, 4.69) is 0 Å². The Hall–Kier alpha value is -2.01. The first-order valence-corrected chi connectivity index (χ1v) is 5.52. The molecule has 100 valence electrons. The number of aliphatic hydroxyl groups is 1. The Labute approximate surface area is 107 Å². The van der Waals surface area contributed by atoms with Crippen molar-refractivity contribution in [3.05, 3.63) is 54.1 Å². The van der Waals surface area contributed by atoms with Crippen molar-refractivity contribution in [3.8, 4) is 16.9 Å². The topological polar surface area (TPSA) is 40.5 Å². The third-order valence-electron chi connectivity index (χ3n) is 2.74. The van der Waals surface area contributed by atoms with Crippen LogP contribution in [0.4, 0.5) is 13.2 Å². The van der Waals surface area contributed by atoms with Crippen molar-refractivity contribution >= 4 is 0 Å². The molecular weight excluding hydrogens is 257 g/mol. The molecule has 2 aromatic rings. The Balaban J connectivity index is 2.26. The molecular formula is C14H11F3O2. The van der Waals surface area contributed by atoms with Gasteiger partial charge in [-0.3, -0.25) is 0 Å². The highest BCUT2D eigenvalue weighted by Crippen LogP contribution is 2.33. The number of aliphatic hydroxyl groups excluding tert-OH is 1. The normalized spacial score (nSPS) is 13.3. The van der Waals surface area contributed by atoms with Gasteiger partial charge in [-0.05, 0) is 28.8 Å². The van der Waals surface area contributed by atoms with Crippen molar-refractivity contribution in [1.29, 1.82) is 0 Å². The molecule has 0 radical (unpaired) electrons. The van der Waals surface area contributed by atoms with Gasteiger partial charge in [0.2, 0.25) is 0 Å². The first kappa shape index (κ1) is 13.4. The molecule has 2 aromatic carbocycles. The number of halogens is 3. The third-order valence-corrected chi connectivity index (χ3v) is 2.74. The summed E-state index contributed by atoms with van der Waals surface area (Å²) in [7, 11) is 0. The molecule has 0 aliphatic carbocycles. The highest BCUT2D eigenvalue weighted by molar-refractivity contribution is 5.64. The number of aromatic hydroxyl groups is 1. The molecule has 0 amide bonds. The summed E-state index contributed by atoms with van der Waals surface area (Å²) >= 11 is 0. The molecule has 2 rings (SSSR count). The van der Waals surface area contributed by atoms with E-state index < -0.39 is 12.3 Å². The highest BCUT2D eigenvalue weighted by Gasteiger charge is 2.39.